The smallest absolute Gasteiger partial charge is 0.304 e. The molecule has 2 fully saturated rings. The van der Waals surface area contributed by atoms with Gasteiger partial charge in [-0.25, -0.2) is 0 Å². The summed E-state index contributed by atoms with van der Waals surface area (Å²) in [4.78, 5) is 29.4. The van der Waals surface area contributed by atoms with Crippen molar-refractivity contribution < 1.29 is 24.6 Å². The van der Waals surface area contributed by atoms with Crippen LogP contribution in [0.5, 0.6) is 0 Å². The highest BCUT2D eigenvalue weighted by Crippen LogP contribution is 2.54. The van der Waals surface area contributed by atoms with Crippen molar-refractivity contribution in [1.29, 1.82) is 0 Å². The van der Waals surface area contributed by atoms with Gasteiger partial charge in [0.1, 0.15) is 0 Å². The van der Waals surface area contributed by atoms with Gasteiger partial charge in [0, 0.05) is 24.7 Å². The zero-order valence-corrected chi connectivity index (χ0v) is 13.5. The average molecular weight is 314 g/mol. The van der Waals surface area contributed by atoms with Gasteiger partial charge in [0.15, 0.2) is 0 Å². The lowest BCUT2D eigenvalue weighted by molar-refractivity contribution is -0.207. The molecule has 2 N–H and O–H groups in total. The van der Waals surface area contributed by atoms with Gasteiger partial charge in [-0.2, -0.15) is 5.06 Å². The summed E-state index contributed by atoms with van der Waals surface area (Å²) in [5.74, 6) is -1.72. The fraction of sp³-hybridized carbons (Fsp3) is 0.867. The van der Waals surface area contributed by atoms with Crippen LogP contribution in [0.25, 0.3) is 0 Å². The van der Waals surface area contributed by atoms with Crippen molar-refractivity contribution >= 4 is 11.9 Å². The maximum atomic E-state index is 10.9. The molecule has 3 unspecified atom stereocenters. The molecule has 0 spiro atoms. The Labute approximate surface area is 130 Å². The van der Waals surface area contributed by atoms with E-state index in [-0.39, 0.29) is 30.0 Å². The molecule has 0 amide bonds. The Morgan fingerprint density at radius 2 is 1.73 bits per heavy atom. The highest BCUT2D eigenvalue weighted by Gasteiger charge is 2.63. The standard InChI is InChI=1S/C15H26N2O5/c1-14-6-7-15(2,17(14)22-3)11(10-14)16(8-4-12(18)19)9-5-13(20)21/h11H,4-10H2,1-3H3,(H,18,19)(H,20,21). The Hall–Kier alpha value is -1.18. The molecule has 2 bridgehead atoms. The Morgan fingerprint density at radius 3 is 2.14 bits per heavy atom. The van der Waals surface area contributed by atoms with Gasteiger partial charge in [-0.15, -0.1) is 0 Å². The molecule has 22 heavy (non-hydrogen) atoms. The quantitative estimate of drug-likeness (QED) is 0.695. The number of rotatable bonds is 8. The molecule has 0 aromatic rings. The Balaban J connectivity index is 2.16. The van der Waals surface area contributed by atoms with E-state index < -0.39 is 11.9 Å². The van der Waals surface area contributed by atoms with Crippen molar-refractivity contribution in [2.75, 3.05) is 20.2 Å². The van der Waals surface area contributed by atoms with Gasteiger partial charge >= 0.3 is 11.9 Å². The molecule has 0 saturated carbocycles. The summed E-state index contributed by atoms with van der Waals surface area (Å²) in [7, 11) is 1.67. The van der Waals surface area contributed by atoms with E-state index in [4.69, 9.17) is 15.1 Å². The van der Waals surface area contributed by atoms with E-state index in [2.05, 4.69) is 13.8 Å². The molecule has 126 valence electrons. The van der Waals surface area contributed by atoms with Crippen molar-refractivity contribution in [2.45, 2.75) is 63.1 Å². The van der Waals surface area contributed by atoms with Crippen LogP contribution in [0.3, 0.4) is 0 Å². The second-order valence-electron chi connectivity index (χ2n) is 6.87. The third kappa shape index (κ3) is 2.98. The van der Waals surface area contributed by atoms with E-state index in [1.807, 2.05) is 9.96 Å². The largest absolute Gasteiger partial charge is 0.481 e. The molecule has 2 aliphatic rings. The minimum absolute atomic E-state index is 0.0237. The first-order valence-corrected chi connectivity index (χ1v) is 7.75. The summed E-state index contributed by atoms with van der Waals surface area (Å²) in [6.07, 6.45) is 2.93. The number of fused-ring (bicyclic) bond motifs is 2. The molecule has 2 saturated heterocycles. The number of hydrogen-bond donors (Lipinski definition) is 2. The fourth-order valence-corrected chi connectivity index (χ4v) is 4.32. The lowest BCUT2D eigenvalue weighted by Crippen LogP contribution is -2.53. The molecule has 0 aromatic heterocycles. The zero-order chi connectivity index (χ0) is 16.5. The van der Waals surface area contributed by atoms with Crippen LogP contribution >= 0.6 is 0 Å². The van der Waals surface area contributed by atoms with Crippen molar-refractivity contribution in [3.05, 3.63) is 0 Å². The number of carboxylic acid groups (broad SMARTS) is 2. The van der Waals surface area contributed by atoms with Crippen LogP contribution < -0.4 is 0 Å². The number of hydroxylamine groups is 2. The van der Waals surface area contributed by atoms with E-state index in [1.165, 1.54) is 0 Å². The number of carboxylic acids is 2. The molecular weight excluding hydrogens is 288 g/mol. The number of carbonyl (C=O) groups is 2. The number of hydrogen-bond acceptors (Lipinski definition) is 5. The van der Waals surface area contributed by atoms with Crippen LogP contribution in [0.2, 0.25) is 0 Å². The third-order valence-corrected chi connectivity index (χ3v) is 5.32. The minimum Gasteiger partial charge on any atom is -0.481 e. The fourth-order valence-electron chi connectivity index (χ4n) is 4.32. The van der Waals surface area contributed by atoms with Gasteiger partial charge in [0.25, 0.3) is 0 Å². The molecule has 2 aliphatic heterocycles. The maximum Gasteiger partial charge on any atom is 0.304 e. The van der Waals surface area contributed by atoms with Crippen molar-refractivity contribution in [3.63, 3.8) is 0 Å². The molecular formula is C15H26N2O5. The number of nitrogens with zero attached hydrogens (tertiary/aromatic N) is 2. The highest BCUT2D eigenvalue weighted by atomic mass is 16.7. The van der Waals surface area contributed by atoms with E-state index in [9.17, 15) is 9.59 Å². The predicted octanol–water partition coefficient (Wildman–Crippen LogP) is 1.18. The molecule has 7 nitrogen and oxygen atoms in total. The van der Waals surface area contributed by atoms with Crippen LogP contribution in [-0.4, -0.2) is 69.4 Å². The molecule has 0 radical (unpaired) electrons. The predicted molar refractivity (Wildman–Crippen MR) is 79.4 cm³/mol. The second kappa shape index (κ2) is 6.14. The van der Waals surface area contributed by atoms with Crippen molar-refractivity contribution in [2.24, 2.45) is 0 Å². The first-order chi connectivity index (χ1) is 10.2. The monoisotopic (exact) mass is 314 g/mol. The molecule has 0 aromatic carbocycles. The topological polar surface area (TPSA) is 90.3 Å². The summed E-state index contributed by atoms with van der Waals surface area (Å²) < 4.78 is 0. The maximum absolute atomic E-state index is 10.9. The first kappa shape index (κ1) is 17.2. The zero-order valence-electron chi connectivity index (χ0n) is 13.5. The van der Waals surface area contributed by atoms with Crippen molar-refractivity contribution in [1.82, 2.24) is 9.96 Å². The summed E-state index contributed by atoms with van der Waals surface area (Å²) in [6, 6.07) is 0.116. The molecule has 0 aliphatic carbocycles. The highest BCUT2D eigenvalue weighted by molar-refractivity contribution is 5.67. The van der Waals surface area contributed by atoms with Crippen LogP contribution in [0.1, 0.15) is 46.0 Å². The van der Waals surface area contributed by atoms with Crippen LogP contribution in [0, 0.1) is 0 Å². The van der Waals surface area contributed by atoms with Gasteiger partial charge in [-0.1, -0.05) is 0 Å². The van der Waals surface area contributed by atoms with Gasteiger partial charge < -0.3 is 15.1 Å². The van der Waals surface area contributed by atoms with E-state index in [0.717, 1.165) is 19.3 Å². The van der Waals surface area contributed by atoms with Crippen LogP contribution in [0.15, 0.2) is 0 Å². The average Bonchev–Trinajstić information content (AvgIpc) is 2.80. The lowest BCUT2D eigenvalue weighted by Gasteiger charge is -2.41. The summed E-state index contributed by atoms with van der Waals surface area (Å²) in [5, 5.41) is 19.9. The van der Waals surface area contributed by atoms with E-state index in [1.54, 1.807) is 7.11 Å². The van der Waals surface area contributed by atoms with E-state index in [0.29, 0.717) is 13.1 Å². The summed E-state index contributed by atoms with van der Waals surface area (Å²) >= 11 is 0. The minimum atomic E-state index is -0.858. The van der Waals surface area contributed by atoms with Gasteiger partial charge in [0.05, 0.1) is 25.5 Å². The Kier molecular flexibility index (Phi) is 4.79. The third-order valence-electron chi connectivity index (χ3n) is 5.32. The van der Waals surface area contributed by atoms with Gasteiger partial charge in [-0.3, -0.25) is 14.5 Å². The second-order valence-corrected chi connectivity index (χ2v) is 6.87. The molecule has 2 rings (SSSR count). The summed E-state index contributed by atoms with van der Waals surface area (Å²) in [6.45, 7) is 5.04. The normalized spacial score (nSPS) is 34.5. The first-order valence-electron chi connectivity index (χ1n) is 7.75. The number of aliphatic carboxylic acids is 2. The summed E-state index contributed by atoms with van der Waals surface area (Å²) in [5.41, 5.74) is -0.251. The van der Waals surface area contributed by atoms with Crippen molar-refractivity contribution in [3.8, 4) is 0 Å². The lowest BCUT2D eigenvalue weighted by atomic mass is 9.79. The van der Waals surface area contributed by atoms with Gasteiger partial charge in [-0.05, 0) is 33.1 Å². The van der Waals surface area contributed by atoms with E-state index >= 15 is 0 Å². The molecule has 3 atom stereocenters. The van der Waals surface area contributed by atoms with Gasteiger partial charge in [0.2, 0.25) is 0 Å². The Morgan fingerprint density at radius 1 is 1.18 bits per heavy atom. The van der Waals surface area contributed by atoms with Crippen LogP contribution in [0.4, 0.5) is 0 Å². The Bertz CT molecular complexity index is 439. The SMILES string of the molecule is CON1C2(C)CCC1(C)C(N(CCC(=O)O)CCC(=O)O)C2. The molecule has 7 heteroatoms. The molecule has 2 heterocycles. The van der Waals surface area contributed by atoms with Crippen LogP contribution in [-0.2, 0) is 14.4 Å².